The van der Waals surface area contributed by atoms with Crippen LogP contribution >= 0.6 is 11.6 Å². The van der Waals surface area contributed by atoms with Crippen LogP contribution in [0.25, 0.3) is 0 Å². The number of hydrogen-bond acceptors (Lipinski definition) is 2. The molecule has 0 fully saturated rings. The molecule has 0 radical (unpaired) electrons. The van der Waals surface area contributed by atoms with Crippen molar-refractivity contribution in [3.63, 3.8) is 0 Å². The molecular formula is C6H8ClNO. The molecule has 0 saturated carbocycles. The Kier molecular flexibility index (Phi) is 1.78. The molecule has 0 amide bonds. The zero-order valence-corrected chi connectivity index (χ0v) is 5.85. The van der Waals surface area contributed by atoms with Gasteiger partial charge in [0.15, 0.2) is 5.22 Å². The third-order valence-electron chi connectivity index (χ3n) is 1.04. The lowest BCUT2D eigenvalue weighted by atomic mass is 10.3. The van der Waals surface area contributed by atoms with E-state index in [4.69, 9.17) is 21.8 Å². The van der Waals surface area contributed by atoms with Gasteiger partial charge < -0.3 is 10.2 Å². The minimum Gasteiger partial charge on any atom is -0.448 e. The molecule has 1 aromatic heterocycles. The standard InChI is InChI=1S/C6H8ClNO/c1-4(8)5-2-3-6(7)9-5/h2-4H,8H2,1H3/t4-/m0/s1. The molecule has 0 saturated heterocycles. The third-order valence-corrected chi connectivity index (χ3v) is 1.25. The van der Waals surface area contributed by atoms with Crippen molar-refractivity contribution in [2.24, 2.45) is 5.73 Å². The highest BCUT2D eigenvalue weighted by atomic mass is 35.5. The van der Waals surface area contributed by atoms with E-state index < -0.39 is 0 Å². The largest absolute Gasteiger partial charge is 0.448 e. The van der Waals surface area contributed by atoms with Gasteiger partial charge >= 0.3 is 0 Å². The smallest absolute Gasteiger partial charge is 0.193 e. The molecule has 1 atom stereocenters. The lowest BCUT2D eigenvalue weighted by Crippen LogP contribution is -2.02. The van der Waals surface area contributed by atoms with Gasteiger partial charge in [0, 0.05) is 0 Å². The minimum atomic E-state index is -0.0718. The van der Waals surface area contributed by atoms with Crippen LogP contribution in [0.5, 0.6) is 0 Å². The minimum absolute atomic E-state index is 0.0718. The lowest BCUT2D eigenvalue weighted by molar-refractivity contribution is 0.481. The van der Waals surface area contributed by atoms with Gasteiger partial charge in [-0.25, -0.2) is 0 Å². The summed E-state index contributed by atoms with van der Waals surface area (Å²) in [6, 6.07) is 3.38. The Morgan fingerprint density at radius 2 is 2.33 bits per heavy atom. The highest BCUT2D eigenvalue weighted by molar-refractivity contribution is 6.28. The van der Waals surface area contributed by atoms with Crippen LogP contribution < -0.4 is 5.73 Å². The predicted octanol–water partition coefficient (Wildman–Crippen LogP) is 1.95. The zero-order chi connectivity index (χ0) is 6.85. The highest BCUT2D eigenvalue weighted by Crippen LogP contribution is 2.17. The molecule has 9 heavy (non-hydrogen) atoms. The van der Waals surface area contributed by atoms with Crippen molar-refractivity contribution < 1.29 is 4.42 Å². The van der Waals surface area contributed by atoms with Crippen molar-refractivity contribution >= 4 is 11.6 Å². The summed E-state index contributed by atoms with van der Waals surface area (Å²) in [7, 11) is 0. The van der Waals surface area contributed by atoms with Crippen LogP contribution in [0.1, 0.15) is 18.7 Å². The van der Waals surface area contributed by atoms with Crippen LogP contribution in [0.4, 0.5) is 0 Å². The summed E-state index contributed by atoms with van der Waals surface area (Å²) in [5.74, 6) is 0.722. The molecule has 0 spiro atoms. The second-order valence-corrected chi connectivity index (χ2v) is 2.30. The molecule has 0 aliphatic rings. The van der Waals surface area contributed by atoms with E-state index in [9.17, 15) is 0 Å². The summed E-state index contributed by atoms with van der Waals surface area (Å²) in [6.45, 7) is 1.84. The van der Waals surface area contributed by atoms with Crippen molar-refractivity contribution in [3.05, 3.63) is 23.1 Å². The molecule has 50 valence electrons. The number of halogens is 1. The van der Waals surface area contributed by atoms with Gasteiger partial charge in [-0.1, -0.05) is 0 Å². The summed E-state index contributed by atoms with van der Waals surface area (Å²) in [5, 5.41) is 0.391. The monoisotopic (exact) mass is 145 g/mol. The highest BCUT2D eigenvalue weighted by Gasteiger charge is 2.02. The predicted molar refractivity (Wildman–Crippen MR) is 36.3 cm³/mol. The molecular weight excluding hydrogens is 138 g/mol. The van der Waals surface area contributed by atoms with Crippen molar-refractivity contribution in [2.45, 2.75) is 13.0 Å². The first-order valence-electron chi connectivity index (χ1n) is 2.71. The molecule has 0 bridgehead atoms. The van der Waals surface area contributed by atoms with Gasteiger partial charge in [-0.15, -0.1) is 0 Å². The zero-order valence-electron chi connectivity index (χ0n) is 5.10. The van der Waals surface area contributed by atoms with E-state index in [0.717, 1.165) is 5.76 Å². The van der Waals surface area contributed by atoms with Crippen molar-refractivity contribution in [1.82, 2.24) is 0 Å². The quantitative estimate of drug-likeness (QED) is 0.656. The van der Waals surface area contributed by atoms with Gasteiger partial charge in [-0.3, -0.25) is 0 Å². The van der Waals surface area contributed by atoms with Gasteiger partial charge in [0.25, 0.3) is 0 Å². The Labute approximate surface area is 58.6 Å². The molecule has 0 unspecified atom stereocenters. The van der Waals surface area contributed by atoms with Crippen molar-refractivity contribution in [1.29, 1.82) is 0 Å². The average Bonchev–Trinajstić information content (AvgIpc) is 2.14. The second kappa shape index (κ2) is 2.42. The van der Waals surface area contributed by atoms with Gasteiger partial charge in [0.1, 0.15) is 5.76 Å². The molecule has 2 nitrogen and oxygen atoms in total. The van der Waals surface area contributed by atoms with E-state index in [2.05, 4.69) is 0 Å². The van der Waals surface area contributed by atoms with E-state index in [0.29, 0.717) is 5.22 Å². The Morgan fingerprint density at radius 1 is 1.67 bits per heavy atom. The van der Waals surface area contributed by atoms with E-state index >= 15 is 0 Å². The summed E-state index contributed by atoms with van der Waals surface area (Å²) >= 11 is 5.48. The van der Waals surface area contributed by atoms with Crippen LogP contribution in [0.3, 0.4) is 0 Å². The van der Waals surface area contributed by atoms with Gasteiger partial charge in [0.2, 0.25) is 0 Å². The number of rotatable bonds is 1. The molecule has 0 aromatic carbocycles. The fourth-order valence-electron chi connectivity index (χ4n) is 0.573. The normalized spacial score (nSPS) is 13.7. The Bertz CT molecular complexity index is 195. The molecule has 2 N–H and O–H groups in total. The first-order chi connectivity index (χ1) is 4.20. The Balaban J connectivity index is 2.85. The maximum atomic E-state index is 5.48. The molecule has 1 rings (SSSR count). The van der Waals surface area contributed by atoms with Crippen LogP contribution in [0.15, 0.2) is 16.5 Å². The number of nitrogens with two attached hydrogens (primary N) is 1. The topological polar surface area (TPSA) is 39.2 Å². The van der Waals surface area contributed by atoms with Crippen LogP contribution in [0.2, 0.25) is 5.22 Å². The maximum Gasteiger partial charge on any atom is 0.193 e. The molecule has 0 aliphatic carbocycles. The fraction of sp³-hybridized carbons (Fsp3) is 0.333. The van der Waals surface area contributed by atoms with Crippen molar-refractivity contribution in [2.75, 3.05) is 0 Å². The van der Waals surface area contributed by atoms with Gasteiger partial charge in [-0.05, 0) is 30.7 Å². The van der Waals surface area contributed by atoms with E-state index in [1.165, 1.54) is 0 Å². The number of furan rings is 1. The molecule has 3 heteroatoms. The lowest BCUT2D eigenvalue weighted by Gasteiger charge is -1.96. The average molecular weight is 146 g/mol. The van der Waals surface area contributed by atoms with Crippen LogP contribution in [0, 0.1) is 0 Å². The Hall–Kier alpha value is -0.470. The van der Waals surface area contributed by atoms with Gasteiger partial charge in [0.05, 0.1) is 6.04 Å². The second-order valence-electron chi connectivity index (χ2n) is 1.93. The van der Waals surface area contributed by atoms with Crippen LogP contribution in [-0.4, -0.2) is 0 Å². The number of hydrogen-bond donors (Lipinski definition) is 1. The molecule has 1 heterocycles. The summed E-state index contributed by atoms with van der Waals surface area (Å²) < 4.78 is 4.99. The van der Waals surface area contributed by atoms with E-state index in [1.807, 2.05) is 6.92 Å². The fourth-order valence-corrected chi connectivity index (χ4v) is 0.725. The summed E-state index contributed by atoms with van der Waals surface area (Å²) in [4.78, 5) is 0. The molecule has 1 aromatic rings. The van der Waals surface area contributed by atoms with E-state index in [-0.39, 0.29) is 6.04 Å². The summed E-state index contributed by atoms with van der Waals surface area (Å²) in [6.07, 6.45) is 0. The summed E-state index contributed by atoms with van der Waals surface area (Å²) in [5.41, 5.74) is 5.47. The van der Waals surface area contributed by atoms with E-state index in [1.54, 1.807) is 12.1 Å². The maximum absolute atomic E-state index is 5.48. The SMILES string of the molecule is C[C@H](N)c1ccc(Cl)o1. The first-order valence-corrected chi connectivity index (χ1v) is 3.09. The Morgan fingerprint density at radius 3 is 2.56 bits per heavy atom. The van der Waals surface area contributed by atoms with Crippen LogP contribution in [-0.2, 0) is 0 Å². The van der Waals surface area contributed by atoms with Gasteiger partial charge in [-0.2, -0.15) is 0 Å². The molecule has 0 aliphatic heterocycles. The first kappa shape index (κ1) is 6.65. The van der Waals surface area contributed by atoms with Crippen molar-refractivity contribution in [3.8, 4) is 0 Å². The third kappa shape index (κ3) is 1.47.